The van der Waals surface area contributed by atoms with Gasteiger partial charge in [0.1, 0.15) is 5.75 Å². The van der Waals surface area contributed by atoms with E-state index in [9.17, 15) is 4.79 Å². The third-order valence-corrected chi connectivity index (χ3v) is 10.7. The molecule has 0 radical (unpaired) electrons. The van der Waals surface area contributed by atoms with E-state index in [4.69, 9.17) is 4.74 Å². The summed E-state index contributed by atoms with van der Waals surface area (Å²) in [4.78, 5) is 16.5. The molecule has 0 atom stereocenters. The number of carbonyl (C=O) groups excluding carboxylic acids is 1. The van der Waals surface area contributed by atoms with Crippen LogP contribution in [0.3, 0.4) is 0 Å². The third-order valence-electron chi connectivity index (χ3n) is 4.48. The van der Waals surface area contributed by atoms with Gasteiger partial charge in [-0.25, -0.2) is 4.79 Å². The Hall–Kier alpha value is -1.11. The van der Waals surface area contributed by atoms with Gasteiger partial charge in [0.25, 0.3) is 0 Å². The zero-order valence-corrected chi connectivity index (χ0v) is 23.4. The highest BCUT2D eigenvalue weighted by atomic mass is 127. The van der Waals surface area contributed by atoms with Gasteiger partial charge in [0.05, 0.1) is 16.5 Å². The van der Waals surface area contributed by atoms with Crippen molar-refractivity contribution < 1.29 is 9.53 Å². The lowest BCUT2D eigenvalue weighted by atomic mass is 10.2. The number of benzene rings is 4. The summed E-state index contributed by atoms with van der Waals surface area (Å²) in [6, 6.07) is 32.8. The van der Waals surface area contributed by atoms with Crippen LogP contribution < -0.4 is 4.74 Å². The van der Waals surface area contributed by atoms with Crippen molar-refractivity contribution in [3.63, 3.8) is 0 Å². The van der Waals surface area contributed by atoms with Crippen LogP contribution in [0.15, 0.2) is 112 Å². The van der Waals surface area contributed by atoms with Crippen LogP contribution in [0.4, 0.5) is 0 Å². The van der Waals surface area contributed by atoms with Crippen LogP contribution in [0.5, 0.6) is 5.75 Å². The van der Waals surface area contributed by atoms with Gasteiger partial charge in [-0.15, -0.1) is 0 Å². The summed E-state index contributed by atoms with van der Waals surface area (Å²) >= 11 is 6.62. The highest BCUT2D eigenvalue weighted by molar-refractivity contribution is 14.1. The van der Waals surface area contributed by atoms with E-state index >= 15 is 0 Å². The van der Waals surface area contributed by atoms with Crippen LogP contribution in [-0.2, 0) is 10.9 Å². The minimum Gasteiger partial charge on any atom is -0.423 e. The molecule has 0 amide bonds. The molecule has 0 fully saturated rings. The molecule has 0 bridgehead atoms. The first-order valence-corrected chi connectivity index (χ1v) is 13.8. The maximum absolute atomic E-state index is 12.8. The topological polar surface area (TPSA) is 26.3 Å². The average molecular weight is 761 g/mol. The van der Waals surface area contributed by atoms with Crippen LogP contribution in [0.1, 0.15) is 10.4 Å². The van der Waals surface area contributed by atoms with Crippen LogP contribution in [0, 0.1) is 10.7 Å². The van der Waals surface area contributed by atoms with Crippen LogP contribution in [-0.4, -0.2) is 5.97 Å². The van der Waals surface area contributed by atoms with Gasteiger partial charge < -0.3 is 4.74 Å². The molecule has 6 heteroatoms. The zero-order valence-electron chi connectivity index (χ0n) is 16.1. The number of halogens is 3. The summed E-state index contributed by atoms with van der Waals surface area (Å²) in [5.41, 5.74) is 0.616. The summed E-state index contributed by atoms with van der Waals surface area (Å²) in [7, 11) is -0.226. The molecule has 4 aromatic carbocycles. The van der Waals surface area contributed by atoms with E-state index in [0.717, 1.165) is 10.7 Å². The number of ether oxygens (including phenoxy) is 1. The first kappa shape index (κ1) is 23.1. The lowest BCUT2D eigenvalue weighted by Crippen LogP contribution is -2.13. The van der Waals surface area contributed by atoms with Crippen molar-refractivity contribution >= 4 is 84.6 Å². The highest BCUT2D eigenvalue weighted by Gasteiger charge is 2.28. The van der Waals surface area contributed by atoms with Gasteiger partial charge in [-0.3, -0.25) is 0 Å². The average Bonchev–Trinajstić information content (AvgIpc) is 2.79. The summed E-state index contributed by atoms with van der Waals surface area (Å²) in [6.45, 7) is 0. The van der Waals surface area contributed by atoms with Gasteiger partial charge in [0, 0.05) is 10.7 Å². The second kappa shape index (κ2) is 10.7. The van der Waals surface area contributed by atoms with E-state index in [-0.39, 0.29) is 16.9 Å². The minimum atomic E-state index is -0.329. The smallest absolute Gasteiger partial charge is 0.345 e. The van der Waals surface area contributed by atoms with Crippen molar-refractivity contribution in [3.05, 3.63) is 113 Å². The van der Waals surface area contributed by atoms with Crippen LogP contribution >= 0.6 is 67.8 Å². The predicted molar refractivity (Wildman–Crippen MR) is 151 cm³/mol. The second-order valence-electron chi connectivity index (χ2n) is 6.51. The molecule has 0 saturated heterocycles. The van der Waals surface area contributed by atoms with E-state index in [1.54, 1.807) is 0 Å². The number of rotatable bonds is 5. The third kappa shape index (κ3) is 5.45. The summed E-state index contributed by atoms with van der Waals surface area (Å²) in [5, 5.41) is 0. The van der Waals surface area contributed by atoms with Gasteiger partial charge in [-0.05, 0) is 128 Å². The Kier molecular flexibility index (Phi) is 7.94. The molecule has 0 aliphatic carbocycles. The number of hydrogen-bond donors (Lipinski definition) is 0. The molecule has 0 saturated carbocycles. The van der Waals surface area contributed by atoms with E-state index in [2.05, 4.69) is 128 Å². The lowest BCUT2D eigenvalue weighted by molar-refractivity contribution is 0.0732. The van der Waals surface area contributed by atoms with Crippen molar-refractivity contribution in [2.75, 3.05) is 0 Å². The fourth-order valence-corrected chi connectivity index (χ4v) is 7.45. The molecule has 0 aliphatic heterocycles. The van der Waals surface area contributed by atoms with Crippen molar-refractivity contribution in [2.24, 2.45) is 0 Å². The summed E-state index contributed by atoms with van der Waals surface area (Å²) in [5.74, 6) is 0.217. The molecule has 0 aromatic heterocycles. The van der Waals surface area contributed by atoms with Crippen molar-refractivity contribution in [3.8, 4) is 5.75 Å². The molecule has 154 valence electrons. The van der Waals surface area contributed by atoms with Crippen LogP contribution in [0.2, 0.25) is 0 Å². The number of carbonyl (C=O) groups is 1. The Morgan fingerprint density at radius 3 is 1.65 bits per heavy atom. The van der Waals surface area contributed by atoms with E-state index in [1.807, 2.05) is 36.4 Å². The largest absolute Gasteiger partial charge is 0.423 e. The van der Waals surface area contributed by atoms with Gasteiger partial charge >= 0.3 is 5.97 Å². The molecular formula is C25H16I3O2S+. The molecule has 0 unspecified atom stereocenters. The molecule has 2 nitrogen and oxygen atoms in total. The maximum atomic E-state index is 12.8. The number of esters is 1. The van der Waals surface area contributed by atoms with Gasteiger partial charge in [-0.1, -0.05) is 36.4 Å². The maximum Gasteiger partial charge on any atom is 0.345 e. The fourth-order valence-electron chi connectivity index (χ4n) is 3.04. The van der Waals surface area contributed by atoms with E-state index in [0.29, 0.717) is 11.3 Å². The lowest BCUT2D eigenvalue weighted by Gasteiger charge is -2.11. The van der Waals surface area contributed by atoms with Gasteiger partial charge in [0.2, 0.25) is 0 Å². The molecule has 0 N–H and O–H groups in total. The quantitative estimate of drug-likeness (QED) is 0.0683. The zero-order chi connectivity index (χ0) is 21.8. The Bertz CT molecular complexity index is 1160. The molecule has 4 rings (SSSR count). The minimum absolute atomic E-state index is 0.226. The van der Waals surface area contributed by atoms with Crippen molar-refractivity contribution in [1.29, 1.82) is 0 Å². The molecular weight excluding hydrogens is 745 g/mol. The normalized spacial score (nSPS) is 10.8. The molecule has 0 heterocycles. The molecule has 4 aromatic rings. The monoisotopic (exact) mass is 761 g/mol. The van der Waals surface area contributed by atoms with Gasteiger partial charge in [-0.2, -0.15) is 0 Å². The molecule has 31 heavy (non-hydrogen) atoms. The Morgan fingerprint density at radius 1 is 0.613 bits per heavy atom. The van der Waals surface area contributed by atoms with Crippen LogP contribution in [0.25, 0.3) is 0 Å². The predicted octanol–water partition coefficient (Wildman–Crippen LogP) is 7.82. The Balaban J connectivity index is 1.63. The Labute approximate surface area is 225 Å². The molecule has 0 spiro atoms. The fraction of sp³-hybridized carbons (Fsp3) is 0. The molecule has 0 aliphatic rings. The van der Waals surface area contributed by atoms with E-state index < -0.39 is 0 Å². The van der Waals surface area contributed by atoms with Crippen molar-refractivity contribution in [1.82, 2.24) is 0 Å². The second-order valence-corrected chi connectivity index (χ2v) is 11.9. The highest BCUT2D eigenvalue weighted by Crippen LogP contribution is 2.32. The van der Waals surface area contributed by atoms with Crippen molar-refractivity contribution in [2.45, 2.75) is 14.7 Å². The Morgan fingerprint density at radius 2 is 1.10 bits per heavy atom. The van der Waals surface area contributed by atoms with E-state index in [1.165, 1.54) is 14.7 Å². The standard InChI is InChI=1S/C25H16I3O2S/c26-21-15-16-22(27)24(28)23(21)25(29)30-17-11-13-20(14-12-17)31(18-7-3-1-4-8-18)19-9-5-2-6-10-19/h1-16H/q+1. The number of hydrogen-bond acceptors (Lipinski definition) is 2. The van der Waals surface area contributed by atoms with Gasteiger partial charge in [0.15, 0.2) is 14.7 Å². The first-order chi connectivity index (χ1) is 15.0. The summed E-state index contributed by atoms with van der Waals surface area (Å²) < 4.78 is 8.56. The summed E-state index contributed by atoms with van der Waals surface area (Å²) in [6.07, 6.45) is 0. The first-order valence-electron chi connectivity index (χ1n) is 9.35. The SMILES string of the molecule is O=C(Oc1ccc([S+](c2ccccc2)c2ccccc2)cc1)c1c(I)ccc(I)c1I.